The van der Waals surface area contributed by atoms with Gasteiger partial charge in [-0.05, 0) is 31.0 Å². The lowest BCUT2D eigenvalue weighted by Crippen LogP contribution is -2.39. The molecule has 1 heterocycles. The summed E-state index contributed by atoms with van der Waals surface area (Å²) in [7, 11) is 3.95. The average molecular weight is 525 g/mol. The quantitative estimate of drug-likeness (QED) is 0.252. The first-order valence-electron chi connectivity index (χ1n) is 8.70. The van der Waals surface area contributed by atoms with Crippen molar-refractivity contribution in [2.75, 3.05) is 13.6 Å². The minimum Gasteiger partial charge on any atom is -0.356 e. The second-order valence-corrected chi connectivity index (χ2v) is 7.06. The van der Waals surface area contributed by atoms with Gasteiger partial charge in [-0.1, -0.05) is 42.6 Å². The molecule has 27 heavy (non-hydrogen) atoms. The first kappa shape index (κ1) is 24.0. The second kappa shape index (κ2) is 11.7. The van der Waals surface area contributed by atoms with Crippen LogP contribution in [0.4, 0.5) is 0 Å². The third kappa shape index (κ3) is 7.12. The van der Waals surface area contributed by atoms with Gasteiger partial charge in [0, 0.05) is 27.2 Å². The second-order valence-electron chi connectivity index (χ2n) is 6.25. The molecule has 0 atom stereocenters. The Labute approximate surface area is 188 Å². The van der Waals surface area contributed by atoms with Gasteiger partial charge in [0.25, 0.3) is 0 Å². The summed E-state index contributed by atoms with van der Waals surface area (Å²) in [4.78, 5) is 6.79. The predicted molar refractivity (Wildman–Crippen MR) is 123 cm³/mol. The van der Waals surface area contributed by atoms with E-state index < -0.39 is 0 Å². The zero-order valence-electron chi connectivity index (χ0n) is 16.2. The molecule has 150 valence electrons. The predicted octanol–water partition coefficient (Wildman–Crippen LogP) is 4.43. The summed E-state index contributed by atoms with van der Waals surface area (Å²) in [6, 6.07) is 5.67. The fourth-order valence-corrected chi connectivity index (χ4v) is 2.73. The fraction of sp³-hybridized carbons (Fsp3) is 0.500. The van der Waals surface area contributed by atoms with E-state index in [-0.39, 0.29) is 24.0 Å². The number of hydrogen-bond donors (Lipinski definition) is 1. The number of halogens is 3. The molecule has 0 saturated carbocycles. The smallest absolute Gasteiger partial charge is 0.194 e. The lowest BCUT2D eigenvalue weighted by atomic mass is 10.2. The molecule has 0 saturated heterocycles. The molecule has 0 aliphatic carbocycles. The van der Waals surface area contributed by atoms with Crippen molar-refractivity contribution in [1.29, 1.82) is 0 Å². The Morgan fingerprint density at radius 3 is 2.59 bits per heavy atom. The normalized spacial score (nSPS) is 11.3. The van der Waals surface area contributed by atoms with Crippen LogP contribution in [0, 0.1) is 6.92 Å². The van der Waals surface area contributed by atoms with Gasteiger partial charge in [-0.15, -0.1) is 34.2 Å². The largest absolute Gasteiger partial charge is 0.356 e. The summed E-state index contributed by atoms with van der Waals surface area (Å²) < 4.78 is 1.95. The van der Waals surface area contributed by atoms with E-state index in [1.807, 2.05) is 43.8 Å². The number of nitrogens with zero attached hydrogens (tertiary/aromatic N) is 5. The van der Waals surface area contributed by atoms with Gasteiger partial charge in [-0.3, -0.25) is 0 Å². The Morgan fingerprint density at radius 2 is 2.00 bits per heavy atom. The molecule has 1 N–H and O–H groups in total. The average Bonchev–Trinajstić information content (AvgIpc) is 2.93. The Bertz CT molecular complexity index is 762. The van der Waals surface area contributed by atoms with Gasteiger partial charge in [0.1, 0.15) is 12.4 Å². The highest BCUT2D eigenvalue weighted by Gasteiger charge is 2.10. The highest BCUT2D eigenvalue weighted by Crippen LogP contribution is 2.23. The summed E-state index contributed by atoms with van der Waals surface area (Å²) in [5.74, 6) is 2.53. The van der Waals surface area contributed by atoms with Crippen molar-refractivity contribution in [2.45, 2.75) is 39.8 Å². The SMILES string of the molecule is CCCCNC(=NCc1nnc(C)n1C)N(C)Cc1ccc(Cl)c(Cl)c1.I. The molecule has 0 fully saturated rings. The van der Waals surface area contributed by atoms with E-state index in [0.717, 1.165) is 42.6 Å². The number of guanidine groups is 1. The number of aromatic nitrogens is 3. The Morgan fingerprint density at radius 1 is 1.26 bits per heavy atom. The maximum Gasteiger partial charge on any atom is 0.194 e. The van der Waals surface area contributed by atoms with E-state index in [0.29, 0.717) is 23.1 Å². The minimum absolute atomic E-state index is 0. The van der Waals surface area contributed by atoms with E-state index >= 15 is 0 Å². The van der Waals surface area contributed by atoms with Crippen molar-refractivity contribution in [3.63, 3.8) is 0 Å². The van der Waals surface area contributed by atoms with E-state index in [1.54, 1.807) is 0 Å². The van der Waals surface area contributed by atoms with Crippen molar-refractivity contribution in [2.24, 2.45) is 12.0 Å². The van der Waals surface area contributed by atoms with Crippen LogP contribution in [0.2, 0.25) is 10.0 Å². The molecule has 0 radical (unpaired) electrons. The number of unbranched alkanes of at least 4 members (excludes halogenated alkanes) is 1. The third-order valence-corrected chi connectivity index (χ3v) is 4.87. The number of nitrogens with one attached hydrogen (secondary N) is 1. The summed E-state index contributed by atoms with van der Waals surface area (Å²) in [5.41, 5.74) is 1.07. The van der Waals surface area contributed by atoms with Crippen LogP contribution in [0.25, 0.3) is 0 Å². The van der Waals surface area contributed by atoms with E-state index in [4.69, 9.17) is 28.2 Å². The standard InChI is InChI=1S/C18H26Cl2N6.HI/c1-5-6-9-21-18(22-11-17-24-23-13(2)26(17)4)25(3)12-14-7-8-15(19)16(20)10-14;/h7-8,10H,5-6,9,11-12H2,1-4H3,(H,21,22);1H. The van der Waals surface area contributed by atoms with E-state index in [9.17, 15) is 0 Å². The molecule has 0 aliphatic rings. The molecule has 1 aromatic heterocycles. The van der Waals surface area contributed by atoms with E-state index in [1.165, 1.54) is 0 Å². The lowest BCUT2D eigenvalue weighted by Gasteiger charge is -2.23. The molecule has 1 aromatic carbocycles. The summed E-state index contributed by atoms with van der Waals surface area (Å²) in [5, 5.41) is 12.8. The number of rotatable bonds is 7. The Balaban J connectivity index is 0.00000364. The highest BCUT2D eigenvalue weighted by molar-refractivity contribution is 14.0. The summed E-state index contributed by atoms with van der Waals surface area (Å²) in [6.07, 6.45) is 2.21. The van der Waals surface area contributed by atoms with Crippen LogP contribution in [0.15, 0.2) is 23.2 Å². The van der Waals surface area contributed by atoms with Crippen molar-refractivity contribution in [1.82, 2.24) is 25.0 Å². The summed E-state index contributed by atoms with van der Waals surface area (Å²) in [6.45, 7) is 6.11. The van der Waals surface area contributed by atoms with Crippen LogP contribution in [0.5, 0.6) is 0 Å². The Kier molecular flexibility index (Phi) is 10.4. The molecular formula is C18H27Cl2IN6. The third-order valence-electron chi connectivity index (χ3n) is 4.13. The monoisotopic (exact) mass is 524 g/mol. The minimum atomic E-state index is 0. The van der Waals surface area contributed by atoms with Crippen molar-refractivity contribution >= 4 is 53.1 Å². The first-order valence-corrected chi connectivity index (χ1v) is 9.46. The number of hydrogen-bond acceptors (Lipinski definition) is 3. The molecule has 0 bridgehead atoms. The van der Waals surface area contributed by atoms with Crippen LogP contribution in [-0.2, 0) is 20.1 Å². The number of aryl methyl sites for hydroxylation is 1. The van der Waals surface area contributed by atoms with Crippen LogP contribution in [0.3, 0.4) is 0 Å². The lowest BCUT2D eigenvalue weighted by molar-refractivity contribution is 0.472. The Hall–Kier alpha value is -1.06. The van der Waals surface area contributed by atoms with Gasteiger partial charge < -0.3 is 14.8 Å². The molecule has 2 aromatic rings. The molecule has 6 nitrogen and oxygen atoms in total. The zero-order chi connectivity index (χ0) is 19.1. The number of aliphatic imine (C=N–C) groups is 1. The molecule has 9 heteroatoms. The van der Waals surface area contributed by atoms with Gasteiger partial charge in [0.05, 0.1) is 10.0 Å². The van der Waals surface area contributed by atoms with E-state index in [2.05, 4.69) is 27.3 Å². The van der Waals surface area contributed by atoms with Crippen LogP contribution >= 0.6 is 47.2 Å². The summed E-state index contributed by atoms with van der Waals surface area (Å²) >= 11 is 12.1. The molecule has 0 spiro atoms. The maximum atomic E-state index is 6.13. The first-order chi connectivity index (χ1) is 12.4. The highest BCUT2D eigenvalue weighted by atomic mass is 127. The maximum absolute atomic E-state index is 6.13. The number of benzene rings is 1. The van der Waals surface area contributed by atoms with Crippen LogP contribution < -0.4 is 5.32 Å². The molecular weight excluding hydrogens is 498 g/mol. The van der Waals surface area contributed by atoms with Crippen molar-refractivity contribution in [3.8, 4) is 0 Å². The van der Waals surface area contributed by atoms with Gasteiger partial charge in [-0.25, -0.2) is 4.99 Å². The molecule has 0 aliphatic heterocycles. The topological polar surface area (TPSA) is 58.3 Å². The fourth-order valence-electron chi connectivity index (χ4n) is 2.41. The molecule has 0 amide bonds. The van der Waals surface area contributed by atoms with Gasteiger partial charge in [0.15, 0.2) is 11.8 Å². The van der Waals surface area contributed by atoms with Crippen LogP contribution in [0.1, 0.15) is 37.0 Å². The zero-order valence-corrected chi connectivity index (χ0v) is 20.0. The molecule has 0 unspecified atom stereocenters. The van der Waals surface area contributed by atoms with Crippen LogP contribution in [-0.4, -0.2) is 39.2 Å². The van der Waals surface area contributed by atoms with Crippen molar-refractivity contribution in [3.05, 3.63) is 45.5 Å². The molecule has 2 rings (SSSR count). The van der Waals surface area contributed by atoms with Gasteiger partial charge in [-0.2, -0.15) is 0 Å². The van der Waals surface area contributed by atoms with Gasteiger partial charge >= 0.3 is 0 Å². The van der Waals surface area contributed by atoms with Crippen molar-refractivity contribution < 1.29 is 0 Å². The van der Waals surface area contributed by atoms with Gasteiger partial charge in [0.2, 0.25) is 0 Å².